The summed E-state index contributed by atoms with van der Waals surface area (Å²) in [6, 6.07) is 4.95. The lowest BCUT2D eigenvalue weighted by atomic mass is 10.1. The van der Waals surface area contributed by atoms with Gasteiger partial charge in [0.2, 0.25) is 5.91 Å². The number of benzene rings is 1. The molecule has 0 aliphatic carbocycles. The Kier molecular flexibility index (Phi) is 3.51. The number of nitrogens with two attached hydrogens (primary N) is 1. The smallest absolute Gasteiger partial charge is 0.275 e. The first kappa shape index (κ1) is 12.7. The Morgan fingerprint density at radius 1 is 1.26 bits per heavy atom. The molecule has 0 spiro atoms. The van der Waals surface area contributed by atoms with Crippen molar-refractivity contribution in [1.29, 1.82) is 0 Å². The highest BCUT2D eigenvalue weighted by atomic mass is 16.2. The quantitative estimate of drug-likeness (QED) is 0.860. The number of primary amides is 1. The molecule has 0 fully saturated rings. The number of rotatable bonds is 3. The molecule has 0 bridgehead atoms. The van der Waals surface area contributed by atoms with Crippen LogP contribution in [0.4, 0.5) is 5.69 Å². The Labute approximate surface area is 109 Å². The number of amides is 2. The molecule has 0 aliphatic rings. The molecule has 1 heterocycles. The normalized spacial score (nSPS) is 9.95. The van der Waals surface area contributed by atoms with Crippen molar-refractivity contribution in [2.75, 3.05) is 5.32 Å². The molecule has 0 atom stereocenters. The van der Waals surface area contributed by atoms with Gasteiger partial charge >= 0.3 is 0 Å². The molecule has 6 nitrogen and oxygen atoms in total. The maximum atomic E-state index is 11.9. The predicted octanol–water partition coefficient (Wildman–Crippen LogP) is 1.14. The molecule has 0 aliphatic heterocycles. The van der Waals surface area contributed by atoms with E-state index in [2.05, 4.69) is 15.3 Å². The van der Waals surface area contributed by atoms with E-state index in [1.807, 2.05) is 0 Å². The summed E-state index contributed by atoms with van der Waals surface area (Å²) in [5, 5.41) is 2.67. The highest BCUT2D eigenvalue weighted by molar-refractivity contribution is 6.04. The standard InChI is InChI=1S/C13H12N4O2/c1-8-9(12(14)18)3-2-4-10(8)17-13(19)11-7-15-5-6-16-11/h2-7H,1H3,(H2,14,18)(H,17,19). The number of nitrogens with one attached hydrogen (secondary N) is 1. The first-order chi connectivity index (χ1) is 9.09. The molecule has 2 amide bonds. The fourth-order valence-corrected chi connectivity index (χ4v) is 1.64. The van der Waals surface area contributed by atoms with Gasteiger partial charge in [-0.15, -0.1) is 0 Å². The summed E-state index contributed by atoms with van der Waals surface area (Å²) in [7, 11) is 0. The Hall–Kier alpha value is -2.76. The van der Waals surface area contributed by atoms with Crippen molar-refractivity contribution in [3.63, 3.8) is 0 Å². The van der Waals surface area contributed by atoms with Crippen molar-refractivity contribution in [3.8, 4) is 0 Å². The van der Waals surface area contributed by atoms with Crippen LogP contribution in [-0.2, 0) is 0 Å². The molecular weight excluding hydrogens is 244 g/mol. The van der Waals surface area contributed by atoms with E-state index in [0.29, 0.717) is 16.8 Å². The fraction of sp³-hybridized carbons (Fsp3) is 0.0769. The number of carbonyl (C=O) groups excluding carboxylic acids is 2. The largest absolute Gasteiger partial charge is 0.366 e. The fourth-order valence-electron chi connectivity index (χ4n) is 1.64. The van der Waals surface area contributed by atoms with Gasteiger partial charge in [0.1, 0.15) is 5.69 Å². The van der Waals surface area contributed by atoms with Gasteiger partial charge in [-0.1, -0.05) is 6.07 Å². The van der Waals surface area contributed by atoms with Crippen molar-refractivity contribution < 1.29 is 9.59 Å². The maximum Gasteiger partial charge on any atom is 0.275 e. The average molecular weight is 256 g/mol. The van der Waals surface area contributed by atoms with Crippen LogP contribution < -0.4 is 11.1 Å². The van der Waals surface area contributed by atoms with E-state index in [1.165, 1.54) is 18.6 Å². The molecule has 2 rings (SSSR count). The van der Waals surface area contributed by atoms with Gasteiger partial charge in [-0.05, 0) is 24.6 Å². The van der Waals surface area contributed by atoms with E-state index in [1.54, 1.807) is 25.1 Å². The Morgan fingerprint density at radius 2 is 2.05 bits per heavy atom. The van der Waals surface area contributed by atoms with Gasteiger partial charge in [0.25, 0.3) is 5.91 Å². The lowest BCUT2D eigenvalue weighted by molar-refractivity contribution is 0.0994. The van der Waals surface area contributed by atoms with Crippen LogP contribution in [0.1, 0.15) is 26.4 Å². The van der Waals surface area contributed by atoms with Crippen LogP contribution in [-0.4, -0.2) is 21.8 Å². The van der Waals surface area contributed by atoms with E-state index in [-0.39, 0.29) is 5.69 Å². The number of anilines is 1. The maximum absolute atomic E-state index is 11.9. The third-order valence-electron chi connectivity index (χ3n) is 2.64. The minimum Gasteiger partial charge on any atom is -0.366 e. The molecule has 0 unspecified atom stereocenters. The van der Waals surface area contributed by atoms with Gasteiger partial charge in [0.05, 0.1) is 6.20 Å². The molecule has 6 heteroatoms. The molecule has 1 aromatic carbocycles. The van der Waals surface area contributed by atoms with Crippen LogP contribution in [0, 0.1) is 6.92 Å². The zero-order chi connectivity index (χ0) is 13.8. The van der Waals surface area contributed by atoms with Crippen molar-refractivity contribution >= 4 is 17.5 Å². The summed E-state index contributed by atoms with van der Waals surface area (Å²) in [6.07, 6.45) is 4.28. The molecule has 96 valence electrons. The van der Waals surface area contributed by atoms with Gasteiger partial charge in [-0.2, -0.15) is 0 Å². The van der Waals surface area contributed by atoms with E-state index in [9.17, 15) is 9.59 Å². The molecular formula is C13H12N4O2. The van der Waals surface area contributed by atoms with Crippen LogP contribution in [0.5, 0.6) is 0 Å². The minimum atomic E-state index is -0.534. The molecule has 1 aromatic heterocycles. The van der Waals surface area contributed by atoms with Crippen LogP contribution in [0.2, 0.25) is 0 Å². The number of hydrogen-bond donors (Lipinski definition) is 2. The number of nitrogens with zero attached hydrogens (tertiary/aromatic N) is 2. The summed E-state index contributed by atoms with van der Waals surface area (Å²) in [5.74, 6) is -0.925. The van der Waals surface area contributed by atoms with Crippen LogP contribution in [0.25, 0.3) is 0 Å². The summed E-state index contributed by atoms with van der Waals surface area (Å²) in [5.41, 5.74) is 6.96. The Morgan fingerprint density at radius 3 is 2.68 bits per heavy atom. The van der Waals surface area contributed by atoms with E-state index >= 15 is 0 Å². The van der Waals surface area contributed by atoms with Crippen LogP contribution in [0.3, 0.4) is 0 Å². The number of hydrogen-bond acceptors (Lipinski definition) is 4. The molecule has 2 aromatic rings. The van der Waals surface area contributed by atoms with Gasteiger partial charge in [-0.3, -0.25) is 14.6 Å². The molecule has 0 saturated heterocycles. The topological polar surface area (TPSA) is 98.0 Å². The van der Waals surface area contributed by atoms with E-state index in [0.717, 1.165) is 0 Å². The van der Waals surface area contributed by atoms with E-state index < -0.39 is 11.8 Å². The lowest BCUT2D eigenvalue weighted by Gasteiger charge is -2.10. The van der Waals surface area contributed by atoms with Gasteiger partial charge < -0.3 is 11.1 Å². The second-order valence-corrected chi connectivity index (χ2v) is 3.89. The molecule has 0 saturated carbocycles. The van der Waals surface area contributed by atoms with Crippen LogP contribution in [0.15, 0.2) is 36.8 Å². The van der Waals surface area contributed by atoms with E-state index in [4.69, 9.17) is 5.73 Å². The monoisotopic (exact) mass is 256 g/mol. The highest BCUT2D eigenvalue weighted by Gasteiger charge is 2.12. The zero-order valence-corrected chi connectivity index (χ0v) is 10.3. The minimum absolute atomic E-state index is 0.200. The summed E-state index contributed by atoms with van der Waals surface area (Å²) in [6.45, 7) is 1.71. The Balaban J connectivity index is 2.27. The van der Waals surface area contributed by atoms with Gasteiger partial charge in [-0.25, -0.2) is 4.98 Å². The molecule has 0 radical (unpaired) electrons. The van der Waals surface area contributed by atoms with Gasteiger partial charge in [0, 0.05) is 23.6 Å². The third-order valence-corrected chi connectivity index (χ3v) is 2.64. The predicted molar refractivity (Wildman–Crippen MR) is 69.7 cm³/mol. The second-order valence-electron chi connectivity index (χ2n) is 3.89. The van der Waals surface area contributed by atoms with Crippen molar-refractivity contribution in [2.24, 2.45) is 5.73 Å². The third kappa shape index (κ3) is 2.74. The summed E-state index contributed by atoms with van der Waals surface area (Å²) >= 11 is 0. The summed E-state index contributed by atoms with van der Waals surface area (Å²) < 4.78 is 0. The summed E-state index contributed by atoms with van der Waals surface area (Å²) in [4.78, 5) is 30.8. The number of aromatic nitrogens is 2. The van der Waals surface area contributed by atoms with Crippen LogP contribution >= 0.6 is 0 Å². The zero-order valence-electron chi connectivity index (χ0n) is 10.3. The first-order valence-corrected chi connectivity index (χ1v) is 5.56. The van der Waals surface area contributed by atoms with Crippen molar-refractivity contribution in [1.82, 2.24) is 9.97 Å². The average Bonchev–Trinajstić information content (AvgIpc) is 2.41. The van der Waals surface area contributed by atoms with Crippen molar-refractivity contribution in [2.45, 2.75) is 6.92 Å². The molecule has 19 heavy (non-hydrogen) atoms. The van der Waals surface area contributed by atoms with Gasteiger partial charge in [0.15, 0.2) is 0 Å². The first-order valence-electron chi connectivity index (χ1n) is 5.56. The second kappa shape index (κ2) is 5.26. The molecule has 3 N–H and O–H groups in total. The highest BCUT2D eigenvalue weighted by Crippen LogP contribution is 2.19. The van der Waals surface area contributed by atoms with Crippen molar-refractivity contribution in [3.05, 3.63) is 53.6 Å². The SMILES string of the molecule is Cc1c(NC(=O)c2cnccn2)cccc1C(N)=O. The lowest BCUT2D eigenvalue weighted by Crippen LogP contribution is -2.17. The number of carbonyl (C=O) groups is 2. The Bertz CT molecular complexity index is 626.